The Hall–Kier alpha value is -3.33. The van der Waals surface area contributed by atoms with Gasteiger partial charge in [0.2, 0.25) is 11.8 Å². The summed E-state index contributed by atoms with van der Waals surface area (Å²) < 4.78 is 52.7. The Balaban J connectivity index is 1.50. The summed E-state index contributed by atoms with van der Waals surface area (Å²) in [5.74, 6) is -7.53. The number of amides is 4. The molecule has 2 heterocycles. The minimum Gasteiger partial charge on any atom is -0.346 e. The molecule has 2 aromatic carbocycles. The average Bonchev–Trinajstić information content (AvgIpc) is 3.11. The number of nitrogens with zero attached hydrogens (tertiary/aromatic N) is 1. The SMILES string of the molecule is [2H]c1cc(C(F)(F)C(=O)N([2H])Cc2ccc3c(c2)CN(C2CCC(=O)NC2=O)C3=O)c([2H])cc1Cl. The van der Waals surface area contributed by atoms with E-state index in [9.17, 15) is 28.0 Å². The molecule has 4 amide bonds. The number of alkyl halides is 2. The van der Waals surface area contributed by atoms with Gasteiger partial charge >= 0.3 is 5.92 Å². The molecule has 1 saturated heterocycles. The third-order valence-electron chi connectivity index (χ3n) is 5.31. The van der Waals surface area contributed by atoms with Crippen LogP contribution in [0.15, 0.2) is 42.4 Å². The number of hydrogen-bond donors (Lipinski definition) is 2. The molecule has 0 radical (unpaired) electrons. The lowest BCUT2D eigenvalue weighted by molar-refractivity contribution is -0.147. The lowest BCUT2D eigenvalue weighted by Crippen LogP contribution is -2.52. The van der Waals surface area contributed by atoms with Crippen molar-refractivity contribution in [3.63, 3.8) is 0 Å². The van der Waals surface area contributed by atoms with Crippen LogP contribution >= 0.6 is 11.6 Å². The molecular weight excluding hydrogens is 444 g/mol. The van der Waals surface area contributed by atoms with Crippen LogP contribution in [-0.2, 0) is 33.4 Å². The summed E-state index contributed by atoms with van der Waals surface area (Å²) in [5.41, 5.74) is 0.0576. The van der Waals surface area contributed by atoms with Crippen LogP contribution in [0.3, 0.4) is 0 Å². The van der Waals surface area contributed by atoms with E-state index in [-0.39, 0.29) is 29.7 Å². The Labute approximate surface area is 191 Å². The Morgan fingerprint density at radius 3 is 2.81 bits per heavy atom. The molecule has 0 saturated carbocycles. The van der Waals surface area contributed by atoms with Crippen molar-refractivity contribution in [2.75, 3.05) is 0 Å². The molecule has 0 aromatic heterocycles. The highest BCUT2D eigenvalue weighted by atomic mass is 35.5. The number of benzene rings is 2. The van der Waals surface area contributed by atoms with Crippen LogP contribution in [0.4, 0.5) is 8.78 Å². The monoisotopic (exact) mass is 464 g/mol. The van der Waals surface area contributed by atoms with Crippen LogP contribution in [0.5, 0.6) is 0 Å². The predicted octanol–water partition coefficient (Wildman–Crippen LogP) is 2.51. The van der Waals surface area contributed by atoms with E-state index >= 15 is 0 Å². The van der Waals surface area contributed by atoms with Crippen LogP contribution in [0.1, 0.15) is 42.6 Å². The van der Waals surface area contributed by atoms with Gasteiger partial charge < -0.3 is 10.2 Å². The van der Waals surface area contributed by atoms with Crippen LogP contribution in [-0.4, -0.2) is 34.6 Å². The summed E-state index contributed by atoms with van der Waals surface area (Å²) in [6, 6.07) is 3.77. The van der Waals surface area contributed by atoms with Crippen molar-refractivity contribution in [2.24, 2.45) is 0 Å². The fraction of sp³-hybridized carbons (Fsp3) is 0.273. The smallest absolute Gasteiger partial charge is 0.346 e. The lowest BCUT2D eigenvalue weighted by atomic mass is 10.0. The minimum absolute atomic E-state index is 0.0497. The molecule has 0 spiro atoms. The molecule has 1 fully saturated rings. The summed E-state index contributed by atoms with van der Waals surface area (Å²) in [6.45, 7) is -0.487. The van der Waals surface area contributed by atoms with Crippen molar-refractivity contribution < 1.29 is 32.1 Å². The van der Waals surface area contributed by atoms with Crippen LogP contribution in [0, 0.1) is 0 Å². The molecule has 2 aliphatic rings. The van der Waals surface area contributed by atoms with Crippen molar-refractivity contribution in [1.29, 1.82) is 0 Å². The predicted molar refractivity (Wildman–Crippen MR) is 110 cm³/mol. The first-order valence-corrected chi connectivity index (χ1v) is 10.00. The molecule has 166 valence electrons. The van der Waals surface area contributed by atoms with E-state index < -0.39 is 59.8 Å². The highest BCUT2D eigenvalue weighted by molar-refractivity contribution is 6.30. The third kappa shape index (κ3) is 4.08. The number of fused-ring (bicyclic) bond motifs is 1. The lowest BCUT2D eigenvalue weighted by Gasteiger charge is -2.29. The van der Waals surface area contributed by atoms with Gasteiger partial charge in [-0.1, -0.05) is 35.8 Å². The molecule has 0 bridgehead atoms. The van der Waals surface area contributed by atoms with Crippen LogP contribution in [0.2, 0.25) is 6.43 Å². The second kappa shape index (κ2) is 8.31. The number of piperidine rings is 1. The number of halogens is 3. The fourth-order valence-corrected chi connectivity index (χ4v) is 3.76. The Morgan fingerprint density at radius 2 is 2.06 bits per heavy atom. The molecule has 4 rings (SSSR count). The maximum Gasteiger partial charge on any atom is 0.349 e. The Bertz CT molecular complexity index is 1280. The first-order valence-electron chi connectivity index (χ1n) is 11.1. The number of imide groups is 1. The highest BCUT2D eigenvalue weighted by Gasteiger charge is 2.41. The minimum atomic E-state index is -4.24. The van der Waals surface area contributed by atoms with Crippen molar-refractivity contribution in [1.82, 2.24) is 15.5 Å². The van der Waals surface area contributed by atoms with Gasteiger partial charge in [-0.2, -0.15) is 8.78 Å². The molecule has 2 aliphatic heterocycles. The number of carbonyl (C=O) groups is 4. The standard InChI is InChI=1S/C22H18ClF2N3O4/c23-15-4-2-14(3-5-15)22(24,25)21(32)26-10-12-1-6-16-13(9-12)11-28(20(16)31)17-7-8-18(29)27-19(17)30/h1-6,9,17H,7-8,10-11H2,(H,26,32)(H,27,29,30)/i2D,5D/hD. The van der Waals surface area contributed by atoms with Gasteiger partial charge in [-0.05, 0) is 35.7 Å². The summed E-state index contributed by atoms with van der Waals surface area (Å²) in [4.78, 5) is 50.0. The molecule has 2 N–H and O–H groups in total. The van der Waals surface area contributed by atoms with Crippen molar-refractivity contribution in [3.05, 3.63) is 69.7 Å². The molecular formula is C22H18ClF2N3O4. The maximum atomic E-state index is 14.8. The zero-order chi connectivity index (χ0) is 25.7. The van der Waals surface area contributed by atoms with Crippen molar-refractivity contribution in [3.8, 4) is 0 Å². The maximum absolute atomic E-state index is 14.8. The van der Waals surface area contributed by atoms with E-state index in [1.807, 2.05) is 0 Å². The first-order chi connectivity index (χ1) is 16.4. The van der Waals surface area contributed by atoms with Crippen LogP contribution in [0.25, 0.3) is 0 Å². The quantitative estimate of drug-likeness (QED) is 0.665. The Kier molecular flexibility index (Phi) is 4.74. The number of rotatable bonds is 5. The zero-order valence-corrected chi connectivity index (χ0v) is 17.2. The second-order valence-corrected chi connectivity index (χ2v) is 7.83. The summed E-state index contributed by atoms with van der Waals surface area (Å²) in [6.07, 6.45) is 0.283. The summed E-state index contributed by atoms with van der Waals surface area (Å²) in [5, 5.41) is 2.03. The van der Waals surface area contributed by atoms with Gasteiger partial charge in [0.1, 0.15) is 6.04 Å². The molecule has 1 atom stereocenters. The molecule has 32 heavy (non-hydrogen) atoms. The number of nitrogens with one attached hydrogen (secondary N) is 2. The summed E-state index contributed by atoms with van der Waals surface area (Å²) >= 11 is 5.67. The van der Waals surface area contributed by atoms with E-state index in [1.54, 1.807) is 0 Å². The van der Waals surface area contributed by atoms with E-state index in [0.29, 0.717) is 22.8 Å². The largest absolute Gasteiger partial charge is 0.349 e. The van der Waals surface area contributed by atoms with Gasteiger partial charge in [-0.25, -0.2) is 0 Å². The first kappa shape index (κ1) is 18.3. The van der Waals surface area contributed by atoms with Gasteiger partial charge in [0.15, 0.2) is 1.41 Å². The van der Waals surface area contributed by atoms with E-state index in [2.05, 4.69) is 5.32 Å². The van der Waals surface area contributed by atoms with Gasteiger partial charge in [-0.15, -0.1) is 0 Å². The van der Waals surface area contributed by atoms with Crippen LogP contribution < -0.4 is 10.6 Å². The van der Waals surface area contributed by atoms with Gasteiger partial charge in [0, 0.05) is 35.7 Å². The molecule has 10 heteroatoms. The number of carbonyl (C=O) groups excluding carboxylic acids is 4. The van der Waals surface area contributed by atoms with Crippen molar-refractivity contribution >= 4 is 35.2 Å². The zero-order valence-electron chi connectivity index (χ0n) is 19.5. The highest BCUT2D eigenvalue weighted by Crippen LogP contribution is 2.30. The van der Waals surface area contributed by atoms with E-state index in [0.717, 1.165) is 6.07 Å². The van der Waals surface area contributed by atoms with Gasteiger partial charge in [0.05, 0.1) is 2.74 Å². The molecule has 7 nitrogen and oxygen atoms in total. The van der Waals surface area contributed by atoms with E-state index in [4.69, 9.17) is 15.8 Å². The Morgan fingerprint density at radius 1 is 1.28 bits per heavy atom. The third-order valence-corrected chi connectivity index (χ3v) is 5.53. The van der Waals surface area contributed by atoms with Crippen molar-refractivity contribution in [2.45, 2.75) is 37.9 Å². The molecule has 2 aromatic rings. The van der Waals surface area contributed by atoms with Gasteiger partial charge in [-0.3, -0.25) is 24.5 Å². The topological polar surface area (TPSA) is 95.6 Å². The summed E-state index contributed by atoms with van der Waals surface area (Å²) in [7, 11) is 0. The molecule has 0 aliphatic carbocycles. The van der Waals surface area contributed by atoms with E-state index in [1.165, 1.54) is 23.1 Å². The fourth-order valence-electron chi connectivity index (χ4n) is 3.65. The molecule has 1 unspecified atom stereocenters. The van der Waals surface area contributed by atoms with Gasteiger partial charge in [0.25, 0.3) is 11.8 Å². The number of hydrogen-bond acceptors (Lipinski definition) is 4. The second-order valence-electron chi connectivity index (χ2n) is 7.43. The normalized spacial score (nSPS) is 19.7. The average molecular weight is 465 g/mol.